The number of benzene rings is 2. The van der Waals surface area contributed by atoms with E-state index >= 15 is 0 Å². The Kier molecular flexibility index (Phi) is 4.94. The molecule has 0 radical (unpaired) electrons. The first-order chi connectivity index (χ1) is 12.9. The number of sulfonamides is 1. The van der Waals surface area contributed by atoms with E-state index in [0.717, 1.165) is 15.6 Å². The quantitative estimate of drug-likeness (QED) is 0.648. The molecule has 0 aliphatic carbocycles. The number of carbonyl (C=O) groups excluding carboxylic acids is 1. The minimum Gasteiger partial charge on any atom is -0.336 e. The maximum absolute atomic E-state index is 13.0. The zero-order valence-corrected chi connectivity index (χ0v) is 16.7. The third-order valence-corrected chi connectivity index (χ3v) is 8.18. The Morgan fingerprint density at radius 2 is 1.81 bits per heavy atom. The van der Waals surface area contributed by atoms with Gasteiger partial charge in [-0.05, 0) is 29.1 Å². The molecule has 4 rings (SSSR count). The second kappa shape index (κ2) is 7.24. The molecule has 1 aliphatic rings. The number of carbonyl (C=O) groups is 1. The van der Waals surface area contributed by atoms with Gasteiger partial charge in [0.25, 0.3) is 10.0 Å². The number of nitrogens with zero attached hydrogens (tertiary/aromatic N) is 2. The number of thiophene rings is 1. The van der Waals surface area contributed by atoms with Gasteiger partial charge in [0.15, 0.2) is 0 Å². The van der Waals surface area contributed by atoms with Crippen molar-refractivity contribution < 1.29 is 13.2 Å². The lowest BCUT2D eigenvalue weighted by Crippen LogP contribution is -2.51. The highest BCUT2D eigenvalue weighted by molar-refractivity contribution is 7.91. The monoisotopic (exact) mass is 420 g/mol. The molecule has 0 spiro atoms. The van der Waals surface area contributed by atoms with Crippen molar-refractivity contribution in [1.29, 1.82) is 0 Å². The predicted octanol–water partition coefficient (Wildman–Crippen LogP) is 3.59. The molecule has 0 N–H and O–H groups in total. The average Bonchev–Trinajstić information content (AvgIpc) is 3.08. The van der Waals surface area contributed by atoms with E-state index in [4.69, 9.17) is 11.6 Å². The normalized spacial score (nSPS) is 16.2. The van der Waals surface area contributed by atoms with Crippen molar-refractivity contribution in [2.75, 3.05) is 19.6 Å². The molecule has 1 fully saturated rings. The van der Waals surface area contributed by atoms with Crippen LogP contribution in [0.15, 0.2) is 58.8 Å². The average molecular weight is 421 g/mol. The summed E-state index contributed by atoms with van der Waals surface area (Å²) in [7, 11) is -3.70. The summed E-state index contributed by atoms with van der Waals surface area (Å²) >= 11 is 7.17. The number of piperazine rings is 1. The van der Waals surface area contributed by atoms with Crippen LogP contribution in [0.25, 0.3) is 10.1 Å². The van der Waals surface area contributed by atoms with Crippen LogP contribution in [0.5, 0.6) is 0 Å². The van der Waals surface area contributed by atoms with E-state index in [1.807, 2.05) is 30.3 Å². The van der Waals surface area contributed by atoms with Crippen LogP contribution in [0.4, 0.5) is 0 Å². The van der Waals surface area contributed by atoms with Gasteiger partial charge in [0, 0.05) is 29.4 Å². The maximum Gasteiger partial charge on any atom is 0.253 e. The summed E-state index contributed by atoms with van der Waals surface area (Å²) in [6, 6.07) is 16.6. The predicted molar refractivity (Wildman–Crippen MR) is 107 cm³/mol. The van der Waals surface area contributed by atoms with Crippen molar-refractivity contribution in [2.45, 2.75) is 10.8 Å². The fourth-order valence-electron chi connectivity index (χ4n) is 3.10. The van der Waals surface area contributed by atoms with Gasteiger partial charge >= 0.3 is 0 Å². The maximum atomic E-state index is 13.0. The summed E-state index contributed by atoms with van der Waals surface area (Å²) in [6.07, 6.45) is 0. The highest BCUT2D eigenvalue weighted by Gasteiger charge is 2.33. The molecule has 8 heteroatoms. The van der Waals surface area contributed by atoms with Gasteiger partial charge in [-0.3, -0.25) is 4.79 Å². The van der Waals surface area contributed by atoms with Crippen LogP contribution in [0.3, 0.4) is 0 Å². The van der Waals surface area contributed by atoms with Crippen LogP contribution in [0, 0.1) is 0 Å². The van der Waals surface area contributed by atoms with Gasteiger partial charge in [0.05, 0.1) is 6.54 Å². The first-order valence-electron chi connectivity index (χ1n) is 8.44. The topological polar surface area (TPSA) is 57.7 Å². The molecule has 0 unspecified atom stereocenters. The molecule has 0 bridgehead atoms. The lowest BCUT2D eigenvalue weighted by Gasteiger charge is -2.33. The Morgan fingerprint density at radius 3 is 2.56 bits per heavy atom. The lowest BCUT2D eigenvalue weighted by molar-refractivity contribution is -0.134. The molecule has 3 aromatic rings. The number of hydrogen-bond donors (Lipinski definition) is 0. The smallest absolute Gasteiger partial charge is 0.253 e. The van der Waals surface area contributed by atoms with Crippen molar-refractivity contribution in [3.05, 3.63) is 65.2 Å². The summed E-state index contributed by atoms with van der Waals surface area (Å²) in [5, 5.41) is 1.40. The molecule has 0 saturated carbocycles. The molecular weight excluding hydrogens is 404 g/mol. The second-order valence-corrected chi connectivity index (χ2v) is 10.1. The van der Waals surface area contributed by atoms with E-state index in [2.05, 4.69) is 0 Å². The standard InChI is InChI=1S/C19H17ClN2O3S2/c20-16-7-6-15-10-19(26-17(15)11-16)27(24,25)22-9-8-21(18(23)13-22)12-14-4-2-1-3-5-14/h1-7,10-11H,8-9,12-13H2. The summed E-state index contributed by atoms with van der Waals surface area (Å²) in [6.45, 7) is 1.03. The van der Waals surface area contributed by atoms with Gasteiger partial charge < -0.3 is 4.90 Å². The summed E-state index contributed by atoms with van der Waals surface area (Å²) < 4.78 is 28.3. The van der Waals surface area contributed by atoms with Gasteiger partial charge in [-0.1, -0.05) is 48.0 Å². The van der Waals surface area contributed by atoms with E-state index in [1.165, 1.54) is 15.6 Å². The van der Waals surface area contributed by atoms with Crippen LogP contribution < -0.4 is 0 Å². The van der Waals surface area contributed by atoms with E-state index in [0.29, 0.717) is 18.1 Å². The zero-order chi connectivity index (χ0) is 19.0. The molecule has 140 valence electrons. The van der Waals surface area contributed by atoms with Gasteiger partial charge in [0.2, 0.25) is 5.91 Å². The lowest BCUT2D eigenvalue weighted by atomic mass is 10.2. The summed E-state index contributed by atoms with van der Waals surface area (Å²) in [5.74, 6) is -0.183. The van der Waals surface area contributed by atoms with E-state index in [9.17, 15) is 13.2 Å². The van der Waals surface area contributed by atoms with Gasteiger partial charge in [0.1, 0.15) is 4.21 Å². The van der Waals surface area contributed by atoms with Crippen molar-refractivity contribution in [1.82, 2.24) is 9.21 Å². The second-order valence-electron chi connectivity index (χ2n) is 6.39. The Hall–Kier alpha value is -1.93. The van der Waals surface area contributed by atoms with E-state index in [-0.39, 0.29) is 23.2 Å². The molecule has 2 aromatic carbocycles. The van der Waals surface area contributed by atoms with Crippen LogP contribution >= 0.6 is 22.9 Å². The molecule has 0 atom stereocenters. The number of fused-ring (bicyclic) bond motifs is 1. The SMILES string of the molecule is O=C1CN(S(=O)(=O)c2cc3ccc(Cl)cc3s2)CCN1Cc1ccccc1. The van der Waals surface area contributed by atoms with Gasteiger partial charge in [-0.25, -0.2) is 8.42 Å². The van der Waals surface area contributed by atoms with Crippen molar-refractivity contribution in [3.8, 4) is 0 Å². The van der Waals surface area contributed by atoms with Crippen LogP contribution in [-0.2, 0) is 21.4 Å². The largest absolute Gasteiger partial charge is 0.336 e. The van der Waals surface area contributed by atoms with Gasteiger partial charge in [-0.15, -0.1) is 11.3 Å². The number of rotatable bonds is 4. The fourth-order valence-corrected chi connectivity index (χ4v) is 6.31. The Balaban J connectivity index is 1.52. The molecule has 5 nitrogen and oxygen atoms in total. The third-order valence-electron chi connectivity index (χ3n) is 4.55. The molecule has 27 heavy (non-hydrogen) atoms. The third kappa shape index (κ3) is 3.73. The van der Waals surface area contributed by atoms with Crippen molar-refractivity contribution in [3.63, 3.8) is 0 Å². The molecule has 2 heterocycles. The first-order valence-corrected chi connectivity index (χ1v) is 11.1. The minimum atomic E-state index is -3.70. The Morgan fingerprint density at radius 1 is 1.04 bits per heavy atom. The Labute approximate surface area is 166 Å². The molecule has 1 saturated heterocycles. The molecule has 1 amide bonds. The number of amides is 1. The highest BCUT2D eigenvalue weighted by Crippen LogP contribution is 2.33. The number of halogens is 1. The molecule has 1 aromatic heterocycles. The van der Waals surface area contributed by atoms with Crippen LogP contribution in [0.1, 0.15) is 5.56 Å². The van der Waals surface area contributed by atoms with Crippen molar-refractivity contribution in [2.24, 2.45) is 0 Å². The van der Waals surface area contributed by atoms with Gasteiger partial charge in [-0.2, -0.15) is 4.31 Å². The summed E-state index contributed by atoms with van der Waals surface area (Å²) in [4.78, 5) is 14.2. The molecular formula is C19H17ClN2O3S2. The van der Waals surface area contributed by atoms with Crippen LogP contribution in [0.2, 0.25) is 5.02 Å². The fraction of sp³-hybridized carbons (Fsp3) is 0.211. The van der Waals surface area contributed by atoms with E-state index in [1.54, 1.807) is 29.2 Å². The first kappa shape index (κ1) is 18.4. The van der Waals surface area contributed by atoms with E-state index < -0.39 is 10.0 Å². The molecule has 1 aliphatic heterocycles. The zero-order valence-electron chi connectivity index (χ0n) is 14.3. The number of hydrogen-bond acceptors (Lipinski definition) is 4. The summed E-state index contributed by atoms with van der Waals surface area (Å²) in [5.41, 5.74) is 1.03. The van der Waals surface area contributed by atoms with Crippen LogP contribution in [-0.4, -0.2) is 43.2 Å². The van der Waals surface area contributed by atoms with Crippen molar-refractivity contribution >= 4 is 49.0 Å². The Bertz CT molecular complexity index is 1100. The highest BCUT2D eigenvalue weighted by atomic mass is 35.5. The minimum absolute atomic E-state index is 0.135.